The SMILES string of the molecule is O=Cc1cc(O)cc(-c2ccc(C(F)(F)F)cc2C(F)(F)SF)c1. The third kappa shape index (κ3) is 3.66. The summed E-state index contributed by atoms with van der Waals surface area (Å²) in [6.45, 7) is 0. The number of phenolic OH excluding ortho intramolecular Hbond substituents is 1. The molecule has 128 valence electrons. The van der Waals surface area contributed by atoms with E-state index in [1.54, 1.807) is 0 Å². The van der Waals surface area contributed by atoms with Gasteiger partial charge >= 0.3 is 11.4 Å². The molecule has 0 radical (unpaired) electrons. The average molecular weight is 366 g/mol. The van der Waals surface area contributed by atoms with Crippen LogP contribution in [0.3, 0.4) is 0 Å². The van der Waals surface area contributed by atoms with Crippen molar-refractivity contribution in [3.05, 3.63) is 53.1 Å². The summed E-state index contributed by atoms with van der Waals surface area (Å²) in [6, 6.07) is 4.57. The number of aldehydes is 1. The van der Waals surface area contributed by atoms with Crippen LogP contribution in [0.25, 0.3) is 11.1 Å². The summed E-state index contributed by atoms with van der Waals surface area (Å²) in [5.41, 5.74) is -3.24. The van der Waals surface area contributed by atoms with Crippen LogP contribution in [0.15, 0.2) is 36.4 Å². The van der Waals surface area contributed by atoms with Gasteiger partial charge in [0.05, 0.1) is 5.56 Å². The Hall–Kier alpha value is -2.16. The molecule has 0 heterocycles. The van der Waals surface area contributed by atoms with Crippen molar-refractivity contribution >= 4 is 18.4 Å². The fourth-order valence-electron chi connectivity index (χ4n) is 2.11. The molecule has 0 saturated carbocycles. The minimum Gasteiger partial charge on any atom is -0.508 e. The Kier molecular flexibility index (Phi) is 4.84. The predicted octanol–water partition coefficient (Wildman–Crippen LogP) is 5.56. The number of benzene rings is 2. The van der Waals surface area contributed by atoms with Crippen molar-refractivity contribution in [2.75, 3.05) is 0 Å². The summed E-state index contributed by atoms with van der Waals surface area (Å²) in [6.07, 6.45) is -4.56. The van der Waals surface area contributed by atoms with Gasteiger partial charge in [-0.3, -0.25) is 4.79 Å². The van der Waals surface area contributed by atoms with Crippen LogP contribution in [0.4, 0.5) is 25.8 Å². The van der Waals surface area contributed by atoms with E-state index in [2.05, 4.69) is 0 Å². The van der Waals surface area contributed by atoms with Gasteiger partial charge in [0.15, 0.2) is 0 Å². The van der Waals surface area contributed by atoms with Crippen LogP contribution in [0.2, 0.25) is 0 Å². The number of alkyl halides is 5. The lowest BCUT2D eigenvalue weighted by atomic mass is 9.96. The third-order valence-electron chi connectivity index (χ3n) is 3.14. The molecule has 0 bridgehead atoms. The van der Waals surface area contributed by atoms with Gasteiger partial charge in [-0.05, 0) is 41.5 Å². The highest BCUT2D eigenvalue weighted by molar-refractivity contribution is 7.94. The first kappa shape index (κ1) is 18.2. The van der Waals surface area contributed by atoms with Crippen LogP contribution < -0.4 is 0 Å². The molecule has 24 heavy (non-hydrogen) atoms. The smallest absolute Gasteiger partial charge is 0.416 e. The van der Waals surface area contributed by atoms with Crippen LogP contribution in [-0.2, 0) is 11.4 Å². The maximum Gasteiger partial charge on any atom is 0.416 e. The highest BCUT2D eigenvalue weighted by Gasteiger charge is 2.39. The number of rotatable bonds is 4. The minimum atomic E-state index is -4.89. The summed E-state index contributed by atoms with van der Waals surface area (Å²) in [7, 11) is 0. The van der Waals surface area contributed by atoms with Crippen LogP contribution in [0, 0.1) is 0 Å². The molecule has 1 N–H and O–H groups in total. The van der Waals surface area contributed by atoms with Crippen molar-refractivity contribution in [2.24, 2.45) is 0 Å². The molecule has 2 nitrogen and oxygen atoms in total. The number of hydrogen-bond donors (Lipinski definition) is 1. The van der Waals surface area contributed by atoms with E-state index in [9.17, 15) is 35.7 Å². The van der Waals surface area contributed by atoms with Gasteiger partial charge in [0.2, 0.25) is 0 Å². The molecule has 0 aromatic heterocycles. The molecule has 0 aliphatic carbocycles. The second-order valence-electron chi connectivity index (χ2n) is 4.78. The number of carbonyl (C=O) groups excluding carboxylic acids is 1. The van der Waals surface area contributed by atoms with E-state index in [1.165, 1.54) is 0 Å². The molecule has 2 aromatic carbocycles. The van der Waals surface area contributed by atoms with E-state index < -0.39 is 46.0 Å². The Morgan fingerprint density at radius 3 is 2.21 bits per heavy atom. The first-order valence-corrected chi connectivity index (χ1v) is 6.99. The average Bonchev–Trinajstić information content (AvgIpc) is 2.52. The lowest BCUT2D eigenvalue weighted by Gasteiger charge is -2.18. The highest BCUT2D eigenvalue weighted by Crippen LogP contribution is 2.46. The second kappa shape index (κ2) is 6.39. The molecule has 0 amide bonds. The molecule has 9 heteroatoms. The van der Waals surface area contributed by atoms with Crippen molar-refractivity contribution in [1.29, 1.82) is 0 Å². The maximum atomic E-state index is 13.8. The lowest BCUT2D eigenvalue weighted by Crippen LogP contribution is -2.12. The lowest BCUT2D eigenvalue weighted by molar-refractivity contribution is -0.137. The van der Waals surface area contributed by atoms with Crippen LogP contribution in [-0.4, -0.2) is 11.4 Å². The van der Waals surface area contributed by atoms with Crippen LogP contribution >= 0.6 is 12.1 Å². The van der Waals surface area contributed by atoms with E-state index in [4.69, 9.17) is 0 Å². The fourth-order valence-corrected chi connectivity index (χ4v) is 2.36. The molecule has 2 rings (SSSR count). The molecule has 0 aliphatic rings. The standard InChI is InChI=1S/C15H8F6O2S/c16-14(17,18)10-1-2-12(13(6-10)15(19,20)24-21)9-3-8(7-22)4-11(23)5-9/h1-7,23H. The first-order valence-electron chi connectivity index (χ1n) is 6.27. The molecule has 0 spiro atoms. The molecule has 2 aromatic rings. The number of halogens is 6. The molecular weight excluding hydrogens is 358 g/mol. The Bertz CT molecular complexity index is 773. The topological polar surface area (TPSA) is 37.3 Å². The quantitative estimate of drug-likeness (QED) is 0.569. The monoisotopic (exact) mass is 366 g/mol. The van der Waals surface area contributed by atoms with Gasteiger partial charge in [-0.2, -0.15) is 25.8 Å². The molecule has 0 aliphatic heterocycles. The van der Waals surface area contributed by atoms with Gasteiger partial charge in [-0.25, -0.2) is 0 Å². The van der Waals surface area contributed by atoms with Gasteiger partial charge < -0.3 is 5.11 Å². The number of aromatic hydroxyl groups is 1. The molecular formula is C15H8F6O2S. The normalized spacial score (nSPS) is 12.2. The van der Waals surface area contributed by atoms with E-state index >= 15 is 0 Å². The number of phenols is 1. The van der Waals surface area contributed by atoms with Gasteiger partial charge in [-0.15, -0.1) is 0 Å². The molecule has 0 fully saturated rings. The maximum absolute atomic E-state index is 13.8. The summed E-state index contributed by atoms with van der Waals surface area (Å²) < 4.78 is 78.4. The first-order chi connectivity index (χ1) is 11.1. The molecule has 0 saturated heterocycles. The zero-order valence-corrected chi connectivity index (χ0v) is 12.4. The Balaban J connectivity index is 2.74. The number of hydrogen-bond acceptors (Lipinski definition) is 3. The van der Waals surface area contributed by atoms with Crippen molar-refractivity contribution in [3.8, 4) is 16.9 Å². The second-order valence-corrected chi connectivity index (χ2v) is 5.45. The van der Waals surface area contributed by atoms with Crippen molar-refractivity contribution in [1.82, 2.24) is 0 Å². The third-order valence-corrected chi connectivity index (χ3v) is 3.56. The Morgan fingerprint density at radius 2 is 1.67 bits per heavy atom. The van der Waals surface area contributed by atoms with Crippen LogP contribution in [0.5, 0.6) is 5.75 Å². The predicted molar refractivity (Wildman–Crippen MR) is 76.5 cm³/mol. The van der Waals surface area contributed by atoms with Crippen molar-refractivity contribution in [2.45, 2.75) is 11.4 Å². The van der Waals surface area contributed by atoms with Gasteiger partial charge in [-0.1, -0.05) is 6.07 Å². The van der Waals surface area contributed by atoms with Crippen molar-refractivity contribution < 1.29 is 35.7 Å². The van der Waals surface area contributed by atoms with E-state index in [-0.39, 0.29) is 17.2 Å². The summed E-state index contributed by atoms with van der Waals surface area (Å²) in [5, 5.41) is 5.27. The van der Waals surface area contributed by atoms with E-state index in [1.807, 2.05) is 0 Å². The Morgan fingerprint density at radius 1 is 1.00 bits per heavy atom. The number of carbonyl (C=O) groups is 1. The van der Waals surface area contributed by atoms with E-state index in [0.29, 0.717) is 12.4 Å². The minimum absolute atomic E-state index is 0.0768. The fraction of sp³-hybridized carbons (Fsp3) is 0.133. The molecule has 0 atom stereocenters. The largest absolute Gasteiger partial charge is 0.508 e. The zero-order chi connectivity index (χ0) is 18.1. The molecule has 0 unspecified atom stereocenters. The summed E-state index contributed by atoms with van der Waals surface area (Å²) in [5.74, 6) is -0.448. The highest BCUT2D eigenvalue weighted by atomic mass is 32.2. The Labute approximate surface area is 136 Å². The summed E-state index contributed by atoms with van der Waals surface area (Å²) in [4.78, 5) is 10.8. The zero-order valence-electron chi connectivity index (χ0n) is 11.6. The van der Waals surface area contributed by atoms with E-state index in [0.717, 1.165) is 24.3 Å². The van der Waals surface area contributed by atoms with Crippen molar-refractivity contribution in [3.63, 3.8) is 0 Å². The van der Waals surface area contributed by atoms with Gasteiger partial charge in [0, 0.05) is 11.1 Å². The van der Waals surface area contributed by atoms with Gasteiger partial charge in [0.1, 0.15) is 24.2 Å². The van der Waals surface area contributed by atoms with Crippen LogP contribution in [0.1, 0.15) is 21.5 Å². The van der Waals surface area contributed by atoms with Gasteiger partial charge in [0.25, 0.3) is 0 Å². The summed E-state index contributed by atoms with van der Waals surface area (Å²) >= 11 is -1.41.